The summed E-state index contributed by atoms with van der Waals surface area (Å²) in [6.07, 6.45) is 0. The van der Waals surface area contributed by atoms with Crippen molar-refractivity contribution < 1.29 is 8.42 Å². The quantitative estimate of drug-likeness (QED) is 0.162. The van der Waals surface area contributed by atoms with Crippen LogP contribution in [0.15, 0.2) is 29.2 Å². The molecular formula is C67H7NO2S. The SMILES string of the molecule is Cc1ccc(S(=O)(=O)n2c3c4c5c6c7c8c9c%10c%11c%12c%13c%14c%10c%10c8c6c6c8c%10c%14c%10c%14c%13c%13c%12c%12c%15c%11c9c9c%11c%15c%15c%12c%12c%13c%13c%14c%14c%10c8c(c64)c4c%14c6c%13c%12c8c%15c%10c%11c(c97)c5c3c%10c8c6c42)cc1. The van der Waals surface area contributed by atoms with Gasteiger partial charge in [-0.1, -0.05) is 17.7 Å². The highest BCUT2D eigenvalue weighted by atomic mass is 32.2. The molecule has 31 aromatic carbocycles. The lowest BCUT2D eigenvalue weighted by Crippen LogP contribution is -2.13. The summed E-state index contributed by atoms with van der Waals surface area (Å²) >= 11 is 0. The molecule has 33 rings (SSSR count). The minimum absolute atomic E-state index is 0.378. The average Bonchev–Trinajstić information content (AvgIpc) is 4.42. The second-order valence-electron chi connectivity index (χ2n) is 25.0. The third kappa shape index (κ3) is 1.51. The monoisotopic (exact) mass is 889 g/mol. The van der Waals surface area contributed by atoms with Gasteiger partial charge in [0.25, 0.3) is 10.0 Å². The lowest BCUT2D eigenvalue weighted by atomic mass is 9.88. The van der Waals surface area contributed by atoms with E-state index in [1.807, 2.05) is 28.2 Å². The maximum Gasteiger partial charge on any atom is 0.268 e. The summed E-state index contributed by atoms with van der Waals surface area (Å²) in [7, 11) is -4.20. The van der Waals surface area contributed by atoms with Gasteiger partial charge in [-0.25, -0.2) is 12.4 Å². The number of aryl methyl sites for hydroxylation is 1. The molecule has 0 atom stereocenters. The first-order valence-corrected chi connectivity index (χ1v) is 27.2. The van der Waals surface area contributed by atoms with Gasteiger partial charge in [-0.3, -0.25) is 0 Å². The number of benzene rings is 19. The second-order valence-corrected chi connectivity index (χ2v) is 26.8. The molecule has 298 valence electrons. The zero-order valence-electron chi connectivity index (χ0n) is 36.0. The van der Waals surface area contributed by atoms with Crippen molar-refractivity contribution in [1.82, 2.24) is 3.97 Å². The van der Waals surface area contributed by atoms with Gasteiger partial charge in [0.2, 0.25) is 0 Å². The summed E-state index contributed by atoms with van der Waals surface area (Å²) < 4.78 is 35.8. The molecule has 0 saturated heterocycles. The number of nitrogens with zero attached hydrogens (tertiary/aromatic N) is 1. The van der Waals surface area contributed by atoms with Crippen LogP contribution >= 0.6 is 0 Å². The number of rotatable bonds is 2. The van der Waals surface area contributed by atoms with Crippen LogP contribution in [-0.2, 0) is 10.0 Å². The summed E-state index contributed by atoms with van der Waals surface area (Å²) in [5.41, 5.74) is 2.97. The Kier molecular flexibility index (Phi) is 2.31. The third-order valence-corrected chi connectivity index (χ3v) is 25.9. The molecule has 0 radical (unpaired) electrons. The van der Waals surface area contributed by atoms with Crippen LogP contribution in [0.1, 0.15) is 5.56 Å². The van der Waals surface area contributed by atoms with E-state index in [0.29, 0.717) is 4.90 Å². The highest BCUT2D eigenvalue weighted by molar-refractivity contribution is 7.90. The van der Waals surface area contributed by atoms with Gasteiger partial charge in [0, 0.05) is 312 Å². The molecule has 2 bridgehead atoms. The molecule has 0 unspecified atom stereocenters. The predicted octanol–water partition coefficient (Wildman–Crippen LogP) is 18.6. The van der Waals surface area contributed by atoms with Gasteiger partial charge >= 0.3 is 0 Å². The van der Waals surface area contributed by atoms with E-state index in [0.717, 1.165) is 16.6 Å². The fourth-order valence-electron chi connectivity index (χ4n) is 23.5. The fourth-order valence-corrected chi connectivity index (χ4v) is 25.1. The zero-order valence-corrected chi connectivity index (χ0v) is 36.8. The Balaban J connectivity index is 1.21. The highest BCUT2D eigenvalue weighted by Gasteiger charge is 2.51. The van der Waals surface area contributed by atoms with Crippen LogP contribution in [0.5, 0.6) is 0 Å². The van der Waals surface area contributed by atoms with Crippen molar-refractivity contribution in [1.29, 1.82) is 0 Å². The Labute approximate surface area is 385 Å². The van der Waals surface area contributed by atoms with E-state index in [-0.39, 0.29) is 0 Å². The van der Waals surface area contributed by atoms with Gasteiger partial charge in [-0.2, -0.15) is 0 Å². The summed E-state index contributed by atoms with van der Waals surface area (Å²) in [5.74, 6) is 0. The first kappa shape index (κ1) is 26.8. The van der Waals surface area contributed by atoms with Gasteiger partial charge in [-0.15, -0.1) is 0 Å². The van der Waals surface area contributed by atoms with Crippen molar-refractivity contribution in [2.45, 2.75) is 11.8 Å². The lowest BCUT2D eigenvalue weighted by Gasteiger charge is -2.14. The zero-order chi connectivity index (χ0) is 42.7. The van der Waals surface area contributed by atoms with E-state index < -0.39 is 10.0 Å². The molecule has 71 heavy (non-hydrogen) atoms. The first-order chi connectivity index (χ1) is 35.1. The summed E-state index contributed by atoms with van der Waals surface area (Å²) in [5, 5.41) is 85.5. The van der Waals surface area contributed by atoms with Crippen LogP contribution < -0.4 is 0 Å². The van der Waals surface area contributed by atoms with Crippen LogP contribution in [0, 0.1) is 6.92 Å². The molecule has 0 aliphatic heterocycles. The van der Waals surface area contributed by atoms with Crippen molar-refractivity contribution in [3.8, 4) is 0 Å². The molecule has 2 heterocycles. The van der Waals surface area contributed by atoms with Crippen molar-refractivity contribution in [2.24, 2.45) is 0 Å². The smallest absolute Gasteiger partial charge is 0.232 e. The van der Waals surface area contributed by atoms with E-state index in [1.54, 1.807) is 97.0 Å². The molecule has 4 heteroatoms. The maximum atomic E-state index is 16.9. The van der Waals surface area contributed by atoms with Crippen LogP contribution in [0.4, 0.5) is 0 Å². The molecular weight excluding hydrogens is 883 g/mol. The second kappa shape index (κ2) is 6.12. The van der Waals surface area contributed by atoms with Crippen LogP contribution in [0.3, 0.4) is 0 Å². The van der Waals surface area contributed by atoms with E-state index in [4.69, 9.17) is 0 Å². The van der Waals surface area contributed by atoms with Crippen LogP contribution in [0.2, 0.25) is 0 Å². The number of hydrogen-bond acceptors (Lipinski definition) is 2. The number of hydrogen-bond donors (Lipinski definition) is 0. The summed E-state index contributed by atoms with van der Waals surface area (Å²) in [4.78, 5) is 0.378. The minimum atomic E-state index is -4.20. The minimum Gasteiger partial charge on any atom is -0.232 e. The molecule has 0 N–H and O–H groups in total. The Hall–Kier alpha value is -8.83. The van der Waals surface area contributed by atoms with Crippen molar-refractivity contribution in [2.75, 3.05) is 0 Å². The summed E-state index contributed by atoms with van der Waals surface area (Å²) in [6.45, 7) is 2.07. The largest absolute Gasteiger partial charge is 0.268 e. The molecule has 0 amide bonds. The van der Waals surface area contributed by atoms with Crippen LogP contribution in [0.25, 0.3) is 323 Å². The van der Waals surface area contributed by atoms with Gasteiger partial charge in [0.1, 0.15) is 0 Å². The molecule has 33 aromatic rings. The van der Waals surface area contributed by atoms with E-state index in [9.17, 15) is 0 Å². The Morgan fingerprint density at radius 3 is 0.479 bits per heavy atom. The Bertz CT molecular complexity index is 7160. The van der Waals surface area contributed by atoms with E-state index in [1.165, 1.54) is 215 Å². The van der Waals surface area contributed by atoms with Gasteiger partial charge < -0.3 is 0 Å². The maximum absolute atomic E-state index is 16.9. The molecule has 0 aliphatic carbocycles. The molecule has 2 aromatic heterocycles. The highest BCUT2D eigenvalue weighted by Crippen LogP contribution is 2.80. The molecule has 3 nitrogen and oxygen atoms in total. The Morgan fingerprint density at radius 1 is 0.211 bits per heavy atom. The average molecular weight is 890 g/mol. The van der Waals surface area contributed by atoms with E-state index >= 15 is 8.42 Å². The number of aromatic nitrogens is 1. The van der Waals surface area contributed by atoms with Gasteiger partial charge in [-0.05, 0) is 19.1 Å². The van der Waals surface area contributed by atoms with Crippen molar-refractivity contribution in [3.05, 3.63) is 29.8 Å². The fraction of sp³-hybridized carbons (Fsp3) is 0.0149. The van der Waals surface area contributed by atoms with Crippen molar-refractivity contribution in [3.63, 3.8) is 0 Å². The van der Waals surface area contributed by atoms with E-state index in [2.05, 4.69) is 6.92 Å². The molecule has 0 spiro atoms. The third-order valence-electron chi connectivity index (χ3n) is 24.2. The van der Waals surface area contributed by atoms with Crippen molar-refractivity contribution >= 4 is 333 Å². The molecule has 0 aliphatic rings. The standard InChI is InChI=1S/C67H7NO2S/c1-6-2-4-7(5-3-6)71(69,70)68-66-62-54-46-36-26-18-10-8-9-12-16-14(10)22-30-24(16)34-28-20(12)21-13(9)17-15-11(8)19(18)27-33-23(15)31-25(17)35-29(21)39-38(28)48-42(34)52-44(30)50(40(46)32(22)26)58(62)60(52)64-56(48)57-49(39)43(35)53-45(31)51-41(33)47(37(27)36)55(54)63(66)59(51)61(53)65(57)67(64)68/h2-5H,1H3. The Morgan fingerprint density at radius 2 is 0.338 bits per heavy atom. The molecule has 0 saturated carbocycles. The lowest BCUT2D eigenvalue weighted by molar-refractivity contribution is 0.590. The first-order valence-electron chi connectivity index (χ1n) is 25.7. The van der Waals surface area contributed by atoms with Gasteiger partial charge in [0.05, 0.1) is 15.9 Å². The summed E-state index contributed by atoms with van der Waals surface area (Å²) in [6, 6.07) is 7.80. The molecule has 0 fully saturated rings. The van der Waals surface area contributed by atoms with Crippen LogP contribution in [-0.4, -0.2) is 12.4 Å². The van der Waals surface area contributed by atoms with Gasteiger partial charge in [0.15, 0.2) is 0 Å². The predicted molar refractivity (Wildman–Crippen MR) is 301 cm³/mol. The normalized spacial score (nSPS) is 17.2. The topological polar surface area (TPSA) is 39.1 Å².